The molecule has 0 nitrogen and oxygen atoms in total. The molecule has 1 heteroatoms. The fourth-order valence-electron chi connectivity index (χ4n) is 0.938. The highest BCUT2D eigenvalue weighted by Crippen LogP contribution is 2.20. The van der Waals surface area contributed by atoms with Crippen molar-refractivity contribution in [3.63, 3.8) is 0 Å². The fraction of sp³-hybridized carbons (Fsp3) is 0.400. The van der Waals surface area contributed by atoms with Gasteiger partial charge in [-0.1, -0.05) is 51.1 Å². The number of hydrogen-bond donors (Lipinski definition) is 0. The maximum absolute atomic E-state index is 2.22. The molecule has 1 aromatic rings. The van der Waals surface area contributed by atoms with Crippen molar-refractivity contribution < 1.29 is 0 Å². The largest absolute Gasteiger partial charge is 0.0622 e. The minimum absolute atomic E-state index is 0. The van der Waals surface area contributed by atoms with E-state index in [0.29, 0.717) is 5.41 Å². The summed E-state index contributed by atoms with van der Waals surface area (Å²) in [6.45, 7) is 6.67. The van der Waals surface area contributed by atoms with Crippen LogP contribution in [0.3, 0.4) is 0 Å². The van der Waals surface area contributed by atoms with Gasteiger partial charge in [0, 0.05) is 8.41 Å². The van der Waals surface area contributed by atoms with Gasteiger partial charge in [-0.2, -0.15) is 0 Å². The van der Waals surface area contributed by atoms with Gasteiger partial charge in [-0.15, -0.1) is 0 Å². The lowest BCUT2D eigenvalue weighted by Gasteiger charge is -2.18. The van der Waals surface area contributed by atoms with Crippen molar-refractivity contribution in [3.05, 3.63) is 35.9 Å². The van der Waals surface area contributed by atoms with Crippen LogP contribution in [-0.4, -0.2) is 8.41 Å². The Bertz CT molecular complexity index is 196. The first kappa shape index (κ1) is 10.3. The zero-order valence-corrected chi connectivity index (χ0v) is 7.46. The molecule has 0 saturated heterocycles. The van der Waals surface area contributed by atoms with Crippen molar-refractivity contribution in [2.24, 2.45) is 0 Å². The van der Waals surface area contributed by atoms with E-state index in [4.69, 9.17) is 0 Å². The first-order valence-corrected chi connectivity index (χ1v) is 3.66. The summed E-state index contributed by atoms with van der Waals surface area (Å²) in [5, 5.41) is 0. The smallest absolute Gasteiger partial charge is 0 e. The van der Waals surface area contributed by atoms with Crippen molar-refractivity contribution in [3.8, 4) is 0 Å². The standard InChI is InChI=1S/C10H14.B/c1-10(2,3)9-7-5-4-6-8-9;/h4-8H,1-3H3;. The predicted molar refractivity (Wildman–Crippen MR) is 50.9 cm³/mol. The van der Waals surface area contributed by atoms with E-state index in [2.05, 4.69) is 51.1 Å². The molecule has 0 saturated carbocycles. The molecule has 1 rings (SSSR count). The molecule has 0 aliphatic rings. The van der Waals surface area contributed by atoms with E-state index >= 15 is 0 Å². The molecule has 1 aromatic carbocycles. The lowest BCUT2D eigenvalue weighted by molar-refractivity contribution is 0.590. The van der Waals surface area contributed by atoms with Crippen molar-refractivity contribution in [2.75, 3.05) is 0 Å². The van der Waals surface area contributed by atoms with Crippen molar-refractivity contribution in [2.45, 2.75) is 26.2 Å². The van der Waals surface area contributed by atoms with Crippen molar-refractivity contribution in [1.29, 1.82) is 0 Å². The minimum atomic E-state index is 0. The first-order chi connectivity index (χ1) is 4.61. The summed E-state index contributed by atoms with van der Waals surface area (Å²) in [5.74, 6) is 0. The van der Waals surface area contributed by atoms with E-state index < -0.39 is 0 Å². The van der Waals surface area contributed by atoms with Gasteiger partial charge in [-0.05, 0) is 11.0 Å². The quantitative estimate of drug-likeness (QED) is 0.492. The molecule has 0 bridgehead atoms. The molecule has 57 valence electrons. The van der Waals surface area contributed by atoms with Gasteiger partial charge in [0.05, 0.1) is 0 Å². The van der Waals surface area contributed by atoms with Crippen LogP contribution in [0, 0.1) is 0 Å². The molecule has 3 radical (unpaired) electrons. The van der Waals surface area contributed by atoms with Crippen LogP contribution in [0.4, 0.5) is 0 Å². The average molecular weight is 145 g/mol. The molecule has 0 aliphatic carbocycles. The molecule has 0 atom stereocenters. The highest BCUT2D eigenvalue weighted by atomic mass is 14.2. The van der Waals surface area contributed by atoms with Crippen LogP contribution in [0.1, 0.15) is 26.3 Å². The summed E-state index contributed by atoms with van der Waals surface area (Å²) in [6, 6.07) is 10.6. The van der Waals surface area contributed by atoms with Gasteiger partial charge in [0.2, 0.25) is 0 Å². The summed E-state index contributed by atoms with van der Waals surface area (Å²) in [7, 11) is 0. The second kappa shape index (κ2) is 3.61. The number of rotatable bonds is 0. The molecule has 0 aromatic heterocycles. The molecule has 0 spiro atoms. The van der Waals surface area contributed by atoms with E-state index in [1.165, 1.54) is 5.56 Å². The van der Waals surface area contributed by atoms with E-state index in [1.807, 2.05) is 0 Å². The van der Waals surface area contributed by atoms with Crippen LogP contribution in [0.5, 0.6) is 0 Å². The topological polar surface area (TPSA) is 0 Å². The summed E-state index contributed by atoms with van der Waals surface area (Å²) in [6.07, 6.45) is 0. The molecule has 0 unspecified atom stereocenters. The Morgan fingerprint density at radius 2 is 1.36 bits per heavy atom. The van der Waals surface area contributed by atoms with Crippen LogP contribution in [0.25, 0.3) is 0 Å². The summed E-state index contributed by atoms with van der Waals surface area (Å²) >= 11 is 0. The molecule has 0 aliphatic heterocycles. The van der Waals surface area contributed by atoms with Gasteiger partial charge in [0.1, 0.15) is 0 Å². The average Bonchev–Trinajstić information content (AvgIpc) is 1.88. The zero-order chi connectivity index (χ0) is 7.61. The van der Waals surface area contributed by atoms with Gasteiger partial charge >= 0.3 is 0 Å². The van der Waals surface area contributed by atoms with Gasteiger partial charge in [-0.3, -0.25) is 0 Å². The van der Waals surface area contributed by atoms with Gasteiger partial charge in [0.25, 0.3) is 0 Å². The lowest BCUT2D eigenvalue weighted by atomic mass is 9.87. The van der Waals surface area contributed by atoms with Crippen LogP contribution in [-0.2, 0) is 5.41 Å². The SMILES string of the molecule is CC(C)(C)c1ccccc1.[B]. The monoisotopic (exact) mass is 145 g/mol. The Labute approximate surface area is 71.2 Å². The third-order valence-corrected chi connectivity index (χ3v) is 1.64. The van der Waals surface area contributed by atoms with Gasteiger partial charge in [0.15, 0.2) is 0 Å². The third-order valence-electron chi connectivity index (χ3n) is 1.64. The summed E-state index contributed by atoms with van der Waals surface area (Å²) < 4.78 is 0. The Kier molecular flexibility index (Phi) is 3.38. The van der Waals surface area contributed by atoms with E-state index in [0.717, 1.165) is 0 Å². The maximum Gasteiger partial charge on any atom is 0 e. The second-order valence-corrected chi connectivity index (χ2v) is 3.62. The Morgan fingerprint density at radius 3 is 1.64 bits per heavy atom. The van der Waals surface area contributed by atoms with Crippen molar-refractivity contribution in [1.82, 2.24) is 0 Å². The highest BCUT2D eigenvalue weighted by Gasteiger charge is 2.11. The summed E-state index contributed by atoms with van der Waals surface area (Å²) in [4.78, 5) is 0. The Hall–Kier alpha value is -0.715. The van der Waals surface area contributed by atoms with Crippen LogP contribution in [0.15, 0.2) is 30.3 Å². The first-order valence-electron chi connectivity index (χ1n) is 3.66. The Balaban J connectivity index is 0.000001000. The van der Waals surface area contributed by atoms with E-state index in [1.54, 1.807) is 0 Å². The van der Waals surface area contributed by atoms with Gasteiger partial charge in [-0.25, -0.2) is 0 Å². The van der Waals surface area contributed by atoms with Gasteiger partial charge < -0.3 is 0 Å². The van der Waals surface area contributed by atoms with E-state index in [9.17, 15) is 0 Å². The third kappa shape index (κ3) is 2.79. The molecule has 0 amide bonds. The van der Waals surface area contributed by atoms with Crippen LogP contribution >= 0.6 is 0 Å². The van der Waals surface area contributed by atoms with Crippen LogP contribution in [0.2, 0.25) is 0 Å². The molecule has 0 N–H and O–H groups in total. The zero-order valence-electron chi connectivity index (χ0n) is 7.46. The Morgan fingerprint density at radius 1 is 0.909 bits per heavy atom. The highest BCUT2D eigenvalue weighted by molar-refractivity contribution is 5.75. The second-order valence-electron chi connectivity index (χ2n) is 3.62. The van der Waals surface area contributed by atoms with Crippen LogP contribution < -0.4 is 0 Å². The predicted octanol–water partition coefficient (Wildman–Crippen LogP) is 2.60. The normalized spacial score (nSPS) is 10.5. The lowest BCUT2D eigenvalue weighted by Crippen LogP contribution is -2.10. The fourth-order valence-corrected chi connectivity index (χ4v) is 0.938. The minimum Gasteiger partial charge on any atom is -0.0622 e. The summed E-state index contributed by atoms with van der Waals surface area (Å²) in [5.41, 5.74) is 1.69. The molecule has 0 heterocycles. The molecular weight excluding hydrogens is 131 g/mol. The molecule has 0 fully saturated rings. The molecule has 11 heavy (non-hydrogen) atoms. The van der Waals surface area contributed by atoms with E-state index in [-0.39, 0.29) is 8.41 Å². The molecular formula is C10H14B. The number of benzene rings is 1. The maximum atomic E-state index is 2.22. The van der Waals surface area contributed by atoms with Crippen molar-refractivity contribution >= 4 is 8.41 Å². The number of hydrogen-bond acceptors (Lipinski definition) is 0.